The van der Waals surface area contributed by atoms with E-state index in [-0.39, 0.29) is 54.5 Å². The molecule has 2 rings (SSSR count). The number of likely N-dealkylation sites (N-methyl/N-ethyl adjacent to an activating group) is 1. The highest BCUT2D eigenvalue weighted by atomic mass is 16.5. The summed E-state index contributed by atoms with van der Waals surface area (Å²) in [5.74, 6) is -1.84. The molecule has 3 amide bonds. The zero-order valence-electron chi connectivity index (χ0n) is 28.7. The van der Waals surface area contributed by atoms with Crippen LogP contribution in [0.3, 0.4) is 0 Å². The molecule has 1 saturated heterocycles. The molecular formula is C34H56N4O7. The molecule has 11 nitrogen and oxygen atoms in total. The first kappa shape index (κ1) is 38.2. The van der Waals surface area contributed by atoms with Gasteiger partial charge in [0.15, 0.2) is 0 Å². The van der Waals surface area contributed by atoms with Crippen LogP contribution in [0.4, 0.5) is 0 Å². The monoisotopic (exact) mass is 632 g/mol. The van der Waals surface area contributed by atoms with Gasteiger partial charge in [-0.15, -0.1) is 0 Å². The Bertz CT molecular complexity index is 1100. The van der Waals surface area contributed by atoms with Crippen LogP contribution in [0.1, 0.15) is 65.9 Å². The number of methoxy groups -OCH3 is 3. The lowest BCUT2D eigenvalue weighted by Gasteiger charge is -2.40. The first-order valence-corrected chi connectivity index (χ1v) is 16.1. The minimum atomic E-state index is -0.866. The fraction of sp³-hybridized carbons (Fsp3) is 0.706. The molecule has 45 heavy (non-hydrogen) atoms. The number of carbonyl (C=O) groups is 4. The van der Waals surface area contributed by atoms with Gasteiger partial charge in [-0.05, 0) is 30.2 Å². The summed E-state index contributed by atoms with van der Waals surface area (Å²) >= 11 is 0. The molecule has 1 heterocycles. The van der Waals surface area contributed by atoms with Gasteiger partial charge in [0.2, 0.25) is 17.7 Å². The maximum absolute atomic E-state index is 13.9. The highest BCUT2D eigenvalue weighted by Gasteiger charge is 2.42. The predicted octanol–water partition coefficient (Wildman–Crippen LogP) is 2.79. The van der Waals surface area contributed by atoms with Crippen LogP contribution in [0.15, 0.2) is 30.3 Å². The lowest BCUT2D eigenvalue weighted by Crippen LogP contribution is -2.56. The number of hydrogen-bond donors (Lipinski definition) is 2. The summed E-state index contributed by atoms with van der Waals surface area (Å²) in [5, 5.41) is 2.85. The van der Waals surface area contributed by atoms with Crippen molar-refractivity contribution in [3.63, 3.8) is 0 Å². The fourth-order valence-electron chi connectivity index (χ4n) is 6.31. The first-order valence-electron chi connectivity index (χ1n) is 16.1. The molecule has 1 aromatic carbocycles. The second-order valence-corrected chi connectivity index (χ2v) is 12.6. The number of nitrogens with zero attached hydrogens (tertiary/aromatic N) is 2. The van der Waals surface area contributed by atoms with Crippen molar-refractivity contribution in [1.82, 2.24) is 15.1 Å². The van der Waals surface area contributed by atoms with Crippen molar-refractivity contribution >= 4 is 23.7 Å². The summed E-state index contributed by atoms with van der Waals surface area (Å²) in [6.45, 7) is 10.2. The number of likely N-dealkylation sites (tertiary alicyclic amines) is 1. The van der Waals surface area contributed by atoms with Crippen molar-refractivity contribution in [1.29, 1.82) is 0 Å². The van der Waals surface area contributed by atoms with Gasteiger partial charge in [0.25, 0.3) is 0 Å². The summed E-state index contributed by atoms with van der Waals surface area (Å²) in [4.78, 5) is 56.6. The molecule has 0 saturated carbocycles. The van der Waals surface area contributed by atoms with Crippen LogP contribution in [0.5, 0.6) is 0 Å². The average Bonchev–Trinajstić information content (AvgIpc) is 3.52. The Balaban J connectivity index is 2.22. The Labute approximate surface area is 269 Å². The predicted molar refractivity (Wildman–Crippen MR) is 173 cm³/mol. The van der Waals surface area contributed by atoms with E-state index >= 15 is 0 Å². The Morgan fingerprint density at radius 3 is 2.22 bits per heavy atom. The number of carbonyl (C=O) groups excluding carboxylic acids is 4. The quantitative estimate of drug-likeness (QED) is 0.250. The van der Waals surface area contributed by atoms with Gasteiger partial charge in [-0.3, -0.25) is 14.4 Å². The molecule has 0 aliphatic carbocycles. The standard InChI is InChI=1S/C34H56N4O7/c1-10-22(4)30(37(6)33(41)29(35)21(2)3)27(43-7)20-28(39)38-18-14-17-26(38)31(44-8)23(5)32(40)36-25(34(42)45-9)19-24-15-12-11-13-16-24/h11-13,15-16,21-23,25-27,29-31H,10,14,17-20,35H2,1-9H3,(H,36,40)/t22-,23?,25?,26-,27+,29-,30?,31+/m0/s1. The number of benzene rings is 1. The van der Waals surface area contributed by atoms with Crippen molar-refractivity contribution < 1.29 is 33.4 Å². The SMILES string of the molecule is CC[C@H](C)C([C@@H](CC(=O)N1CCC[C@H]1[C@H](OC)C(C)C(=O)NC(Cc1ccccc1)C(=O)OC)OC)N(C)C(=O)[C@@H](N)C(C)C. The maximum atomic E-state index is 13.9. The molecule has 3 unspecified atom stereocenters. The summed E-state index contributed by atoms with van der Waals surface area (Å²) in [6.07, 6.45) is 1.40. The zero-order valence-corrected chi connectivity index (χ0v) is 28.7. The summed E-state index contributed by atoms with van der Waals surface area (Å²) in [6, 6.07) is 7.18. The molecule has 1 fully saturated rings. The number of rotatable bonds is 17. The molecule has 11 heteroatoms. The van der Waals surface area contributed by atoms with E-state index in [1.54, 1.807) is 30.9 Å². The summed E-state index contributed by atoms with van der Waals surface area (Å²) < 4.78 is 16.7. The van der Waals surface area contributed by atoms with Crippen molar-refractivity contribution in [2.24, 2.45) is 23.5 Å². The Hall–Kier alpha value is -3.02. The number of amides is 3. The van der Waals surface area contributed by atoms with E-state index in [2.05, 4.69) is 5.32 Å². The minimum Gasteiger partial charge on any atom is -0.467 e. The lowest BCUT2D eigenvalue weighted by molar-refractivity contribution is -0.148. The molecule has 0 bridgehead atoms. The summed E-state index contributed by atoms with van der Waals surface area (Å²) in [7, 11) is 6.12. The van der Waals surface area contributed by atoms with E-state index in [0.717, 1.165) is 18.4 Å². The molecule has 0 radical (unpaired) electrons. The number of nitrogens with one attached hydrogen (secondary N) is 1. The largest absolute Gasteiger partial charge is 0.467 e. The van der Waals surface area contributed by atoms with Crippen LogP contribution < -0.4 is 11.1 Å². The molecule has 3 N–H and O–H groups in total. The van der Waals surface area contributed by atoms with Gasteiger partial charge < -0.3 is 35.1 Å². The van der Waals surface area contributed by atoms with E-state index in [4.69, 9.17) is 19.9 Å². The van der Waals surface area contributed by atoms with Gasteiger partial charge in [0, 0.05) is 34.2 Å². The smallest absolute Gasteiger partial charge is 0.328 e. The normalized spacial score (nSPS) is 19.6. The van der Waals surface area contributed by atoms with Crippen molar-refractivity contribution in [2.45, 2.75) is 103 Å². The van der Waals surface area contributed by atoms with Crippen LogP contribution >= 0.6 is 0 Å². The number of ether oxygens (including phenoxy) is 3. The second kappa shape index (κ2) is 18.2. The zero-order chi connectivity index (χ0) is 33.8. The molecule has 0 aromatic heterocycles. The molecule has 8 atom stereocenters. The third kappa shape index (κ3) is 9.98. The van der Waals surface area contributed by atoms with E-state index in [9.17, 15) is 19.2 Å². The van der Waals surface area contributed by atoms with E-state index in [1.165, 1.54) is 14.2 Å². The number of esters is 1. The Morgan fingerprint density at radius 2 is 1.69 bits per heavy atom. The second-order valence-electron chi connectivity index (χ2n) is 12.6. The van der Waals surface area contributed by atoms with Crippen LogP contribution in [-0.4, -0.2) is 105 Å². The molecule has 1 aromatic rings. The van der Waals surface area contributed by atoms with Gasteiger partial charge in [-0.25, -0.2) is 4.79 Å². The van der Waals surface area contributed by atoms with Crippen LogP contribution in [-0.2, 0) is 39.8 Å². The number of hydrogen-bond acceptors (Lipinski definition) is 8. The third-order valence-electron chi connectivity index (χ3n) is 9.35. The highest BCUT2D eigenvalue weighted by molar-refractivity contribution is 5.86. The van der Waals surface area contributed by atoms with E-state index in [1.807, 2.05) is 58.0 Å². The highest BCUT2D eigenvalue weighted by Crippen LogP contribution is 2.29. The van der Waals surface area contributed by atoms with Gasteiger partial charge in [0.05, 0.1) is 49.8 Å². The average molecular weight is 633 g/mol. The fourth-order valence-corrected chi connectivity index (χ4v) is 6.31. The maximum Gasteiger partial charge on any atom is 0.328 e. The van der Waals surface area contributed by atoms with Crippen LogP contribution in [0.25, 0.3) is 0 Å². The minimum absolute atomic E-state index is 0.0306. The molecule has 254 valence electrons. The van der Waals surface area contributed by atoms with Gasteiger partial charge in [-0.2, -0.15) is 0 Å². The van der Waals surface area contributed by atoms with Crippen molar-refractivity contribution in [3.8, 4) is 0 Å². The molecule has 1 aliphatic heterocycles. The van der Waals surface area contributed by atoms with E-state index in [0.29, 0.717) is 13.0 Å². The third-order valence-corrected chi connectivity index (χ3v) is 9.35. The Morgan fingerprint density at radius 1 is 1.04 bits per heavy atom. The van der Waals surface area contributed by atoms with Gasteiger partial charge in [-0.1, -0.05) is 71.4 Å². The lowest BCUT2D eigenvalue weighted by atomic mass is 9.89. The Kier molecular flexibility index (Phi) is 15.4. The molecular weight excluding hydrogens is 576 g/mol. The van der Waals surface area contributed by atoms with Crippen LogP contribution in [0, 0.1) is 17.8 Å². The topological polar surface area (TPSA) is 141 Å². The van der Waals surface area contributed by atoms with Gasteiger partial charge in [0.1, 0.15) is 6.04 Å². The molecule has 0 spiro atoms. The first-order chi connectivity index (χ1) is 21.3. The van der Waals surface area contributed by atoms with Crippen molar-refractivity contribution in [2.75, 3.05) is 34.9 Å². The van der Waals surface area contributed by atoms with E-state index < -0.39 is 36.2 Å². The van der Waals surface area contributed by atoms with Gasteiger partial charge >= 0.3 is 5.97 Å². The van der Waals surface area contributed by atoms with Crippen molar-refractivity contribution in [3.05, 3.63) is 35.9 Å². The molecule has 1 aliphatic rings. The van der Waals surface area contributed by atoms with Crippen LogP contribution in [0.2, 0.25) is 0 Å². The summed E-state index contributed by atoms with van der Waals surface area (Å²) in [5.41, 5.74) is 7.10. The number of nitrogens with two attached hydrogens (primary N) is 1.